The minimum Gasteiger partial charge on any atom is -0.380 e. The van der Waals surface area contributed by atoms with Gasteiger partial charge in [-0.3, -0.25) is 14.9 Å². The summed E-state index contributed by atoms with van der Waals surface area (Å²) in [5, 5.41) is 11.2. The van der Waals surface area contributed by atoms with E-state index in [9.17, 15) is 23.3 Å². The van der Waals surface area contributed by atoms with Crippen LogP contribution in [0.4, 0.5) is 5.69 Å². The molecule has 12 heteroatoms. The lowest BCUT2D eigenvalue weighted by Crippen LogP contribution is -2.22. The highest BCUT2D eigenvalue weighted by atomic mass is 32.2. The highest BCUT2D eigenvalue weighted by Gasteiger charge is 2.18. The van der Waals surface area contributed by atoms with E-state index in [1.54, 1.807) is 10.6 Å². The maximum Gasteiger partial charge on any atom is 0.279 e. The van der Waals surface area contributed by atoms with Crippen molar-refractivity contribution in [3.05, 3.63) is 62.9 Å². The minimum atomic E-state index is -3.61. The molecule has 0 saturated carbocycles. The fraction of sp³-hybridized carbons (Fsp3) is 0.300. The van der Waals surface area contributed by atoms with Gasteiger partial charge in [-0.05, 0) is 37.3 Å². The number of nitro groups is 1. The molecule has 1 heterocycles. The molecule has 0 bridgehead atoms. The first kappa shape index (κ1) is 23.7. The number of carbonyl (C=O) groups excluding carboxylic acids is 1. The number of sulfonamides is 1. The molecular weight excluding hydrogens is 456 g/mol. The zero-order valence-corrected chi connectivity index (χ0v) is 19.4. The van der Waals surface area contributed by atoms with Crippen molar-refractivity contribution in [2.24, 2.45) is 4.99 Å². The fourth-order valence-electron chi connectivity index (χ4n) is 2.90. The molecule has 0 spiro atoms. The van der Waals surface area contributed by atoms with Crippen LogP contribution in [0.2, 0.25) is 0 Å². The van der Waals surface area contributed by atoms with Crippen molar-refractivity contribution in [3.63, 3.8) is 0 Å². The fourth-order valence-corrected chi connectivity index (χ4v) is 4.84. The molecule has 0 fully saturated rings. The van der Waals surface area contributed by atoms with Gasteiger partial charge in [0, 0.05) is 44.9 Å². The summed E-state index contributed by atoms with van der Waals surface area (Å²) in [7, 11) is -0.752. The van der Waals surface area contributed by atoms with Crippen LogP contribution in [0.5, 0.6) is 0 Å². The molecule has 0 radical (unpaired) electrons. The molecule has 32 heavy (non-hydrogen) atoms. The standard InChI is InChI=1S/C20H22N4O6S2/c1-4-30-12-11-23-17-13-15(24(26)27)7-10-18(17)31-20(23)21-19(25)14-5-8-16(9-6-14)32(28,29)22(2)3/h5-10,13H,4,11-12H2,1-3H3. The molecule has 10 nitrogen and oxygen atoms in total. The SMILES string of the molecule is CCOCCn1c(=NC(=O)c2ccc(S(=O)(=O)N(C)C)cc2)sc2ccc([N+](=O)[O-])cc21. The molecular formula is C20H22N4O6S2. The molecule has 0 atom stereocenters. The number of nitrogens with zero attached hydrogens (tertiary/aromatic N) is 4. The highest BCUT2D eigenvalue weighted by Crippen LogP contribution is 2.23. The summed E-state index contributed by atoms with van der Waals surface area (Å²) in [5.41, 5.74) is 0.751. The van der Waals surface area contributed by atoms with Gasteiger partial charge < -0.3 is 9.30 Å². The Morgan fingerprint density at radius 1 is 1.22 bits per heavy atom. The van der Waals surface area contributed by atoms with E-state index < -0.39 is 20.9 Å². The predicted octanol–water partition coefficient (Wildman–Crippen LogP) is 2.64. The first-order valence-electron chi connectivity index (χ1n) is 9.62. The number of aromatic nitrogens is 1. The lowest BCUT2D eigenvalue weighted by atomic mass is 10.2. The molecule has 0 aliphatic heterocycles. The van der Waals surface area contributed by atoms with Crippen molar-refractivity contribution in [3.8, 4) is 0 Å². The first-order chi connectivity index (χ1) is 15.1. The van der Waals surface area contributed by atoms with Crippen molar-refractivity contribution in [2.45, 2.75) is 18.4 Å². The van der Waals surface area contributed by atoms with Gasteiger partial charge in [0.2, 0.25) is 10.0 Å². The van der Waals surface area contributed by atoms with Gasteiger partial charge in [0.05, 0.1) is 26.6 Å². The van der Waals surface area contributed by atoms with Gasteiger partial charge in [-0.2, -0.15) is 4.99 Å². The van der Waals surface area contributed by atoms with E-state index in [2.05, 4.69) is 4.99 Å². The van der Waals surface area contributed by atoms with E-state index in [1.165, 1.54) is 61.8 Å². The van der Waals surface area contributed by atoms with E-state index in [0.717, 1.165) is 9.01 Å². The number of thiazole rings is 1. The van der Waals surface area contributed by atoms with Crippen LogP contribution in [-0.4, -0.2) is 55.4 Å². The van der Waals surface area contributed by atoms with Gasteiger partial charge in [0.15, 0.2) is 4.80 Å². The van der Waals surface area contributed by atoms with Gasteiger partial charge in [-0.25, -0.2) is 12.7 Å². The molecule has 0 saturated heterocycles. The Kier molecular flexibility index (Phi) is 7.19. The number of rotatable bonds is 8. The number of fused-ring (bicyclic) bond motifs is 1. The quantitative estimate of drug-likeness (QED) is 0.278. The summed E-state index contributed by atoms with van der Waals surface area (Å²) in [5.74, 6) is -0.551. The zero-order chi connectivity index (χ0) is 23.5. The summed E-state index contributed by atoms with van der Waals surface area (Å²) in [6.07, 6.45) is 0. The Bertz CT molecular complexity index is 1320. The van der Waals surface area contributed by atoms with Crippen LogP contribution in [0.1, 0.15) is 17.3 Å². The van der Waals surface area contributed by atoms with E-state index in [1.807, 2.05) is 6.92 Å². The van der Waals surface area contributed by atoms with Gasteiger partial charge >= 0.3 is 0 Å². The lowest BCUT2D eigenvalue weighted by Gasteiger charge is -2.11. The van der Waals surface area contributed by atoms with E-state index in [-0.39, 0.29) is 16.1 Å². The Morgan fingerprint density at radius 2 is 1.91 bits per heavy atom. The average molecular weight is 479 g/mol. The van der Waals surface area contributed by atoms with Crippen molar-refractivity contribution in [1.29, 1.82) is 0 Å². The zero-order valence-electron chi connectivity index (χ0n) is 17.7. The normalized spacial score (nSPS) is 12.6. The Morgan fingerprint density at radius 3 is 2.50 bits per heavy atom. The summed E-state index contributed by atoms with van der Waals surface area (Å²) in [4.78, 5) is 28.1. The number of benzene rings is 2. The van der Waals surface area contributed by atoms with Gasteiger partial charge in [-0.1, -0.05) is 11.3 Å². The highest BCUT2D eigenvalue weighted by molar-refractivity contribution is 7.89. The molecule has 170 valence electrons. The van der Waals surface area contributed by atoms with Gasteiger partial charge in [-0.15, -0.1) is 0 Å². The van der Waals surface area contributed by atoms with Gasteiger partial charge in [0.25, 0.3) is 11.6 Å². The first-order valence-corrected chi connectivity index (χ1v) is 11.9. The molecule has 2 aromatic carbocycles. The maximum absolute atomic E-state index is 12.8. The van der Waals surface area contributed by atoms with Crippen molar-refractivity contribution in [1.82, 2.24) is 8.87 Å². The lowest BCUT2D eigenvalue weighted by molar-refractivity contribution is -0.384. The van der Waals surface area contributed by atoms with Crippen LogP contribution in [0, 0.1) is 10.1 Å². The Balaban J connectivity index is 2.03. The van der Waals surface area contributed by atoms with Crippen molar-refractivity contribution >= 4 is 43.2 Å². The van der Waals surface area contributed by atoms with Crippen LogP contribution in [-0.2, 0) is 21.3 Å². The second-order valence-electron chi connectivity index (χ2n) is 6.87. The summed E-state index contributed by atoms with van der Waals surface area (Å²) in [6, 6.07) is 10.0. The van der Waals surface area contributed by atoms with Crippen LogP contribution < -0.4 is 4.80 Å². The second-order valence-corrected chi connectivity index (χ2v) is 10.0. The largest absolute Gasteiger partial charge is 0.380 e. The molecule has 1 amide bonds. The maximum atomic E-state index is 12.8. The number of hydrogen-bond acceptors (Lipinski definition) is 7. The van der Waals surface area contributed by atoms with Crippen LogP contribution in [0.3, 0.4) is 0 Å². The molecule has 0 aliphatic rings. The number of nitro benzene ring substituents is 1. The Hall–Kier alpha value is -2.93. The summed E-state index contributed by atoms with van der Waals surface area (Å²) >= 11 is 1.23. The number of carbonyl (C=O) groups is 1. The van der Waals surface area contributed by atoms with Crippen LogP contribution >= 0.6 is 11.3 Å². The predicted molar refractivity (Wildman–Crippen MR) is 120 cm³/mol. The smallest absolute Gasteiger partial charge is 0.279 e. The third kappa shape index (κ3) is 4.93. The monoisotopic (exact) mass is 478 g/mol. The molecule has 3 rings (SSSR count). The average Bonchev–Trinajstić information content (AvgIpc) is 3.10. The van der Waals surface area contributed by atoms with Gasteiger partial charge in [0.1, 0.15) is 0 Å². The van der Waals surface area contributed by atoms with Crippen LogP contribution in [0.25, 0.3) is 10.2 Å². The summed E-state index contributed by atoms with van der Waals surface area (Å²) in [6.45, 7) is 3.08. The molecule has 0 unspecified atom stereocenters. The Labute approximate surface area is 188 Å². The molecule has 1 aromatic heterocycles. The minimum absolute atomic E-state index is 0.0592. The number of hydrogen-bond donors (Lipinski definition) is 0. The number of non-ortho nitro benzene ring substituents is 1. The summed E-state index contributed by atoms with van der Waals surface area (Å²) < 4.78 is 33.4. The third-order valence-corrected chi connectivity index (χ3v) is 7.51. The van der Waals surface area contributed by atoms with Crippen LogP contribution in [0.15, 0.2) is 52.4 Å². The van der Waals surface area contributed by atoms with E-state index >= 15 is 0 Å². The van der Waals surface area contributed by atoms with Crippen molar-refractivity contribution < 1.29 is 22.9 Å². The van der Waals surface area contributed by atoms with Crippen molar-refractivity contribution in [2.75, 3.05) is 27.3 Å². The molecule has 0 aliphatic carbocycles. The molecule has 3 aromatic rings. The van der Waals surface area contributed by atoms with E-state index in [4.69, 9.17) is 4.74 Å². The third-order valence-electron chi connectivity index (χ3n) is 4.62. The second kappa shape index (κ2) is 9.69. The molecule has 0 N–H and O–H groups in total. The number of ether oxygens (including phenoxy) is 1. The van der Waals surface area contributed by atoms with E-state index in [0.29, 0.717) is 30.1 Å². The number of amides is 1. The topological polar surface area (TPSA) is 124 Å².